The molecule has 0 spiro atoms. The van der Waals surface area contributed by atoms with Gasteiger partial charge < -0.3 is 9.88 Å². The van der Waals surface area contributed by atoms with Gasteiger partial charge in [0.2, 0.25) is 9.70 Å². The zero-order chi connectivity index (χ0) is 18.2. The fourth-order valence-electron chi connectivity index (χ4n) is 3.98. The van der Waals surface area contributed by atoms with Crippen LogP contribution in [0.25, 0.3) is 0 Å². The van der Waals surface area contributed by atoms with Crippen LogP contribution in [0.2, 0.25) is 0 Å². The van der Waals surface area contributed by atoms with Gasteiger partial charge in [-0.15, -0.1) is 0 Å². The molecule has 1 aromatic heterocycles. The minimum atomic E-state index is -1.62. The van der Waals surface area contributed by atoms with E-state index in [0.717, 1.165) is 18.5 Å². The van der Waals surface area contributed by atoms with Crippen molar-refractivity contribution in [3.05, 3.63) is 34.2 Å². The summed E-state index contributed by atoms with van der Waals surface area (Å²) >= 11 is 18.5. The number of hydrogen-bond donors (Lipinski definition) is 1. The number of halogens is 3. The van der Waals surface area contributed by atoms with Gasteiger partial charge in [-0.05, 0) is 24.8 Å². The first-order valence-electron chi connectivity index (χ1n) is 8.59. The summed E-state index contributed by atoms with van der Waals surface area (Å²) in [6.07, 6.45) is 1.47. The molecule has 5 nitrogen and oxygen atoms in total. The van der Waals surface area contributed by atoms with Crippen molar-refractivity contribution in [2.45, 2.75) is 48.6 Å². The molecule has 1 aromatic rings. The second-order valence-corrected chi connectivity index (χ2v) is 9.28. The SMILES string of the molecule is CCCC(=O)N[C@H](N1C[C@H]2C[C@@H](C1)c1cccc(=O)n1C2)C(Cl)(Cl)Cl. The topological polar surface area (TPSA) is 54.3 Å². The van der Waals surface area contributed by atoms with E-state index in [1.54, 1.807) is 12.1 Å². The molecule has 2 aliphatic heterocycles. The van der Waals surface area contributed by atoms with Crippen LogP contribution < -0.4 is 10.9 Å². The molecular weight excluding hydrogens is 385 g/mol. The highest BCUT2D eigenvalue weighted by atomic mass is 35.6. The van der Waals surface area contributed by atoms with Crippen molar-refractivity contribution in [1.82, 2.24) is 14.8 Å². The van der Waals surface area contributed by atoms with Gasteiger partial charge in [0.15, 0.2) is 0 Å². The molecule has 8 heteroatoms. The van der Waals surface area contributed by atoms with E-state index < -0.39 is 9.96 Å². The number of nitrogens with one attached hydrogen (secondary N) is 1. The molecule has 3 heterocycles. The maximum Gasteiger partial charge on any atom is 0.250 e. The van der Waals surface area contributed by atoms with E-state index in [-0.39, 0.29) is 17.4 Å². The molecule has 3 rings (SSSR count). The molecule has 25 heavy (non-hydrogen) atoms. The third-order valence-electron chi connectivity index (χ3n) is 4.96. The van der Waals surface area contributed by atoms with E-state index in [1.807, 2.05) is 22.5 Å². The number of piperidine rings is 1. The number of alkyl halides is 3. The number of fused-ring (bicyclic) bond motifs is 4. The van der Waals surface area contributed by atoms with Crippen molar-refractivity contribution in [3.63, 3.8) is 0 Å². The molecule has 1 N–H and O–H groups in total. The lowest BCUT2D eigenvalue weighted by Crippen LogP contribution is -2.60. The third-order valence-corrected chi connectivity index (χ3v) is 5.58. The van der Waals surface area contributed by atoms with Crippen LogP contribution in [-0.2, 0) is 11.3 Å². The molecule has 1 fully saturated rings. The standard InChI is InChI=1S/C17H22Cl3N3O2/c1-2-4-14(24)21-16(17(18,19)20)22-8-11-7-12(10-22)13-5-3-6-15(25)23(13)9-11/h3,5-6,11-12,16H,2,4,7-10H2,1H3,(H,21,24)/t11-,12+,16-/m1/s1. The minimum absolute atomic E-state index is 0.0369. The Morgan fingerprint density at radius 1 is 1.32 bits per heavy atom. The zero-order valence-corrected chi connectivity index (χ0v) is 16.3. The molecule has 1 amide bonds. The van der Waals surface area contributed by atoms with E-state index in [2.05, 4.69) is 5.32 Å². The van der Waals surface area contributed by atoms with Crippen LogP contribution in [0.1, 0.15) is 37.8 Å². The minimum Gasteiger partial charge on any atom is -0.337 e. The van der Waals surface area contributed by atoms with Crippen LogP contribution >= 0.6 is 34.8 Å². The quantitative estimate of drug-likeness (QED) is 0.782. The number of pyridine rings is 1. The van der Waals surface area contributed by atoms with Gasteiger partial charge in [-0.3, -0.25) is 14.5 Å². The third kappa shape index (κ3) is 4.16. The molecule has 3 atom stereocenters. The number of amides is 1. The molecule has 0 saturated carbocycles. The van der Waals surface area contributed by atoms with Crippen LogP contribution in [0.4, 0.5) is 0 Å². The molecule has 0 radical (unpaired) electrons. The molecule has 138 valence electrons. The Labute approximate surface area is 162 Å². The number of carbonyl (C=O) groups excluding carboxylic acids is 1. The monoisotopic (exact) mass is 405 g/mol. The average molecular weight is 407 g/mol. The summed E-state index contributed by atoms with van der Waals surface area (Å²) in [5, 5.41) is 2.87. The van der Waals surface area contributed by atoms with Gasteiger partial charge in [-0.2, -0.15) is 0 Å². The Morgan fingerprint density at radius 3 is 2.76 bits per heavy atom. The molecule has 0 aliphatic carbocycles. The van der Waals surface area contributed by atoms with Gasteiger partial charge in [0, 0.05) is 43.7 Å². The Balaban J connectivity index is 1.84. The van der Waals surface area contributed by atoms with Gasteiger partial charge in [-0.25, -0.2) is 0 Å². The summed E-state index contributed by atoms with van der Waals surface area (Å²) in [7, 11) is 0. The molecular formula is C17H22Cl3N3O2. The maximum absolute atomic E-state index is 12.1. The second kappa shape index (κ2) is 7.47. The van der Waals surface area contributed by atoms with Crippen LogP contribution in [0.5, 0.6) is 0 Å². The molecule has 2 bridgehead atoms. The maximum atomic E-state index is 12.1. The highest BCUT2D eigenvalue weighted by Crippen LogP contribution is 2.39. The van der Waals surface area contributed by atoms with Crippen molar-refractivity contribution in [2.24, 2.45) is 5.92 Å². The fourth-order valence-corrected chi connectivity index (χ4v) is 4.55. The van der Waals surface area contributed by atoms with Crippen molar-refractivity contribution < 1.29 is 4.79 Å². The first kappa shape index (κ1) is 19.0. The smallest absolute Gasteiger partial charge is 0.250 e. The van der Waals surface area contributed by atoms with Crippen LogP contribution in [0, 0.1) is 5.92 Å². The Kier molecular flexibility index (Phi) is 5.69. The Morgan fingerprint density at radius 2 is 2.08 bits per heavy atom. The lowest BCUT2D eigenvalue weighted by Gasteiger charge is -2.47. The van der Waals surface area contributed by atoms with Gasteiger partial charge >= 0.3 is 0 Å². The zero-order valence-electron chi connectivity index (χ0n) is 14.1. The molecule has 1 saturated heterocycles. The highest BCUT2D eigenvalue weighted by molar-refractivity contribution is 6.68. The van der Waals surface area contributed by atoms with E-state index in [0.29, 0.717) is 32.0 Å². The first-order valence-corrected chi connectivity index (χ1v) is 9.73. The van der Waals surface area contributed by atoms with Crippen molar-refractivity contribution in [2.75, 3.05) is 13.1 Å². The molecule has 0 aromatic carbocycles. The van der Waals surface area contributed by atoms with Gasteiger partial charge in [0.05, 0.1) is 0 Å². The van der Waals surface area contributed by atoms with Gasteiger partial charge in [0.1, 0.15) is 6.17 Å². The summed E-state index contributed by atoms with van der Waals surface area (Å²) in [5.41, 5.74) is 1.06. The predicted molar refractivity (Wildman–Crippen MR) is 100 cm³/mol. The number of aromatic nitrogens is 1. The summed E-state index contributed by atoms with van der Waals surface area (Å²) in [4.78, 5) is 26.2. The van der Waals surface area contributed by atoms with Gasteiger partial charge in [0.25, 0.3) is 5.56 Å². The molecule has 2 aliphatic rings. The number of nitrogens with zero attached hydrogens (tertiary/aromatic N) is 2. The number of hydrogen-bond acceptors (Lipinski definition) is 3. The summed E-state index contributed by atoms with van der Waals surface area (Å²) in [5.74, 6) is 0.370. The fraction of sp³-hybridized carbons (Fsp3) is 0.647. The van der Waals surface area contributed by atoms with Gasteiger partial charge in [-0.1, -0.05) is 47.8 Å². The van der Waals surface area contributed by atoms with E-state index in [9.17, 15) is 9.59 Å². The Bertz CT molecular complexity index is 701. The van der Waals surface area contributed by atoms with E-state index in [1.165, 1.54) is 0 Å². The van der Waals surface area contributed by atoms with Crippen molar-refractivity contribution in [3.8, 4) is 0 Å². The second-order valence-electron chi connectivity index (χ2n) is 6.91. The number of rotatable bonds is 4. The summed E-state index contributed by atoms with van der Waals surface area (Å²) < 4.78 is 0.238. The summed E-state index contributed by atoms with van der Waals surface area (Å²) in [6, 6.07) is 5.38. The highest BCUT2D eigenvalue weighted by Gasteiger charge is 2.44. The van der Waals surface area contributed by atoms with Crippen molar-refractivity contribution >= 4 is 40.7 Å². The molecule has 0 unspecified atom stereocenters. The lowest BCUT2D eigenvalue weighted by molar-refractivity contribution is -0.123. The average Bonchev–Trinajstić information content (AvgIpc) is 2.53. The van der Waals surface area contributed by atoms with Crippen molar-refractivity contribution in [1.29, 1.82) is 0 Å². The van der Waals surface area contributed by atoms with Crippen LogP contribution in [-0.4, -0.2) is 38.4 Å². The normalized spacial score (nSPS) is 24.5. The predicted octanol–water partition coefficient (Wildman–Crippen LogP) is 2.88. The van der Waals surface area contributed by atoms with Crippen LogP contribution in [0.3, 0.4) is 0 Å². The number of carbonyl (C=O) groups is 1. The lowest BCUT2D eigenvalue weighted by atomic mass is 9.83. The largest absolute Gasteiger partial charge is 0.337 e. The van der Waals surface area contributed by atoms with E-state index in [4.69, 9.17) is 34.8 Å². The van der Waals surface area contributed by atoms with Crippen LogP contribution in [0.15, 0.2) is 23.0 Å². The summed E-state index contributed by atoms with van der Waals surface area (Å²) in [6.45, 7) is 3.93. The Hall–Kier alpha value is -0.750. The van der Waals surface area contributed by atoms with E-state index >= 15 is 0 Å². The number of likely N-dealkylation sites (tertiary alicyclic amines) is 1. The first-order chi connectivity index (χ1) is 11.8.